The molecule has 0 spiro atoms. The van der Waals surface area contributed by atoms with Crippen LogP contribution in [0, 0.1) is 0 Å². The largest absolute Gasteiger partial charge is 0.447 e. The van der Waals surface area contributed by atoms with Crippen LogP contribution in [0.2, 0.25) is 0 Å². The van der Waals surface area contributed by atoms with Gasteiger partial charge in [0, 0.05) is 30.3 Å². The van der Waals surface area contributed by atoms with E-state index in [0.717, 1.165) is 11.3 Å². The van der Waals surface area contributed by atoms with E-state index in [1.54, 1.807) is 41.6 Å². The van der Waals surface area contributed by atoms with Crippen LogP contribution in [0.1, 0.15) is 5.56 Å². The number of nitrogens with zero attached hydrogens (tertiary/aromatic N) is 2. The zero-order valence-electron chi connectivity index (χ0n) is 12.4. The molecule has 0 bridgehead atoms. The molecule has 0 aliphatic carbocycles. The topological polar surface area (TPSA) is 83.6 Å². The molecule has 0 atom stereocenters. The fourth-order valence-corrected chi connectivity index (χ4v) is 2.21. The molecule has 2 aromatic rings. The Morgan fingerprint density at radius 1 is 1.26 bits per heavy atom. The van der Waals surface area contributed by atoms with Crippen LogP contribution in [0.25, 0.3) is 0 Å². The maximum atomic E-state index is 11.9. The van der Waals surface area contributed by atoms with Gasteiger partial charge in [0.05, 0.1) is 6.54 Å². The van der Waals surface area contributed by atoms with Crippen LogP contribution in [0.15, 0.2) is 48.8 Å². The highest BCUT2D eigenvalue weighted by Gasteiger charge is 2.23. The second-order valence-corrected chi connectivity index (χ2v) is 4.98. The highest BCUT2D eigenvalue weighted by Crippen LogP contribution is 2.20. The monoisotopic (exact) mass is 312 g/mol. The van der Waals surface area contributed by atoms with Crippen molar-refractivity contribution in [2.24, 2.45) is 0 Å². The summed E-state index contributed by atoms with van der Waals surface area (Å²) in [6.45, 7) is 1.34. The van der Waals surface area contributed by atoms with E-state index in [2.05, 4.69) is 15.6 Å². The van der Waals surface area contributed by atoms with E-state index in [1.807, 2.05) is 12.1 Å². The number of rotatable bonds is 4. The van der Waals surface area contributed by atoms with Gasteiger partial charge >= 0.3 is 12.1 Å². The molecule has 0 unspecified atom stereocenters. The SMILES string of the molecule is O=C(NCc1cccnc1)Nc1ccc(N2CCOC2=O)cc1. The summed E-state index contributed by atoms with van der Waals surface area (Å²) < 4.78 is 4.89. The lowest BCUT2D eigenvalue weighted by Gasteiger charge is -2.13. The number of carbonyl (C=O) groups is 2. The van der Waals surface area contributed by atoms with E-state index in [4.69, 9.17) is 4.74 Å². The average Bonchev–Trinajstić information content (AvgIpc) is 3.01. The number of aromatic nitrogens is 1. The van der Waals surface area contributed by atoms with Gasteiger partial charge in [-0.25, -0.2) is 9.59 Å². The standard InChI is InChI=1S/C16H16N4O3/c21-15(18-11-12-2-1-7-17-10-12)19-13-3-5-14(6-4-13)20-8-9-23-16(20)22/h1-7,10H,8-9,11H2,(H2,18,19,21). The highest BCUT2D eigenvalue weighted by molar-refractivity contribution is 5.91. The number of benzene rings is 1. The predicted octanol–water partition coefficient (Wildman–Crippen LogP) is 2.36. The van der Waals surface area contributed by atoms with Crippen molar-refractivity contribution >= 4 is 23.5 Å². The minimum atomic E-state index is -0.347. The lowest BCUT2D eigenvalue weighted by molar-refractivity contribution is 0.181. The third-order valence-electron chi connectivity index (χ3n) is 3.37. The fraction of sp³-hybridized carbons (Fsp3) is 0.188. The van der Waals surface area contributed by atoms with Crippen molar-refractivity contribution in [2.75, 3.05) is 23.4 Å². The first-order chi connectivity index (χ1) is 11.2. The lowest BCUT2D eigenvalue weighted by Crippen LogP contribution is -2.28. The van der Waals surface area contributed by atoms with E-state index in [1.165, 1.54) is 0 Å². The second kappa shape index (κ2) is 6.78. The molecule has 3 rings (SSSR count). The van der Waals surface area contributed by atoms with Crippen molar-refractivity contribution in [3.63, 3.8) is 0 Å². The zero-order chi connectivity index (χ0) is 16.1. The minimum Gasteiger partial charge on any atom is -0.447 e. The van der Waals surface area contributed by atoms with Gasteiger partial charge in [-0.3, -0.25) is 9.88 Å². The van der Waals surface area contributed by atoms with Crippen molar-refractivity contribution < 1.29 is 14.3 Å². The molecule has 1 saturated heterocycles. The summed E-state index contributed by atoms with van der Waals surface area (Å²) in [5.41, 5.74) is 2.31. The molecule has 0 radical (unpaired) electrons. The number of ether oxygens (including phenoxy) is 1. The Morgan fingerprint density at radius 2 is 2.09 bits per heavy atom. The Kier molecular flexibility index (Phi) is 4.37. The molecule has 1 aromatic heterocycles. The van der Waals surface area contributed by atoms with Gasteiger partial charge in [0.2, 0.25) is 0 Å². The van der Waals surface area contributed by atoms with Crippen LogP contribution < -0.4 is 15.5 Å². The summed E-state index contributed by atoms with van der Waals surface area (Å²) in [6.07, 6.45) is 3.03. The summed E-state index contributed by atoms with van der Waals surface area (Å²) in [5, 5.41) is 5.49. The molecule has 2 N–H and O–H groups in total. The number of anilines is 2. The van der Waals surface area contributed by atoms with E-state index in [0.29, 0.717) is 25.4 Å². The maximum absolute atomic E-state index is 11.9. The van der Waals surface area contributed by atoms with Crippen molar-refractivity contribution in [2.45, 2.75) is 6.54 Å². The van der Waals surface area contributed by atoms with Gasteiger partial charge < -0.3 is 15.4 Å². The number of urea groups is 1. The quantitative estimate of drug-likeness (QED) is 0.908. The van der Waals surface area contributed by atoms with E-state index < -0.39 is 0 Å². The van der Waals surface area contributed by atoms with Gasteiger partial charge in [-0.1, -0.05) is 6.07 Å². The van der Waals surface area contributed by atoms with Gasteiger partial charge in [0.15, 0.2) is 0 Å². The Bertz CT molecular complexity index is 688. The lowest BCUT2D eigenvalue weighted by atomic mass is 10.2. The molecule has 2 heterocycles. The molecule has 0 saturated carbocycles. The van der Waals surface area contributed by atoms with Crippen LogP contribution in [0.3, 0.4) is 0 Å². The average molecular weight is 312 g/mol. The molecule has 1 aliphatic rings. The summed E-state index contributed by atoms with van der Waals surface area (Å²) >= 11 is 0. The molecule has 1 fully saturated rings. The minimum absolute atomic E-state index is 0.304. The zero-order valence-corrected chi connectivity index (χ0v) is 12.4. The number of carbonyl (C=O) groups excluding carboxylic acids is 2. The second-order valence-electron chi connectivity index (χ2n) is 4.98. The van der Waals surface area contributed by atoms with Gasteiger partial charge in [0.25, 0.3) is 0 Å². The summed E-state index contributed by atoms with van der Waals surface area (Å²) in [6, 6.07) is 10.4. The van der Waals surface area contributed by atoms with E-state index in [-0.39, 0.29) is 12.1 Å². The first kappa shape index (κ1) is 14.8. The van der Waals surface area contributed by atoms with Gasteiger partial charge in [0.1, 0.15) is 6.61 Å². The Balaban J connectivity index is 1.53. The number of cyclic esters (lactones) is 1. The van der Waals surface area contributed by atoms with Crippen molar-refractivity contribution in [1.29, 1.82) is 0 Å². The number of pyridine rings is 1. The number of hydrogen-bond acceptors (Lipinski definition) is 4. The smallest absolute Gasteiger partial charge is 0.414 e. The molecule has 1 aromatic carbocycles. The fourth-order valence-electron chi connectivity index (χ4n) is 2.21. The number of amides is 3. The maximum Gasteiger partial charge on any atom is 0.414 e. The Hall–Kier alpha value is -3.09. The molecule has 7 nitrogen and oxygen atoms in total. The predicted molar refractivity (Wildman–Crippen MR) is 85.2 cm³/mol. The van der Waals surface area contributed by atoms with Gasteiger partial charge in [-0.2, -0.15) is 0 Å². The third-order valence-corrected chi connectivity index (χ3v) is 3.37. The van der Waals surface area contributed by atoms with Crippen LogP contribution in [-0.4, -0.2) is 30.3 Å². The van der Waals surface area contributed by atoms with Gasteiger partial charge in [-0.15, -0.1) is 0 Å². The number of nitrogens with one attached hydrogen (secondary N) is 2. The van der Waals surface area contributed by atoms with E-state index >= 15 is 0 Å². The molecule has 118 valence electrons. The Labute approximate surface area is 133 Å². The van der Waals surface area contributed by atoms with E-state index in [9.17, 15) is 9.59 Å². The molecule has 1 aliphatic heterocycles. The van der Waals surface area contributed by atoms with Crippen LogP contribution in [0.5, 0.6) is 0 Å². The molecule has 3 amide bonds. The summed E-state index contributed by atoms with van der Waals surface area (Å²) in [5.74, 6) is 0. The number of hydrogen-bond donors (Lipinski definition) is 2. The first-order valence-electron chi connectivity index (χ1n) is 7.20. The van der Waals surface area contributed by atoms with Crippen molar-refractivity contribution in [1.82, 2.24) is 10.3 Å². The van der Waals surface area contributed by atoms with Crippen LogP contribution in [-0.2, 0) is 11.3 Å². The first-order valence-corrected chi connectivity index (χ1v) is 7.20. The Morgan fingerprint density at radius 3 is 2.74 bits per heavy atom. The van der Waals surface area contributed by atoms with Crippen molar-refractivity contribution in [3.05, 3.63) is 54.4 Å². The van der Waals surface area contributed by atoms with Crippen LogP contribution in [0.4, 0.5) is 21.0 Å². The molecule has 23 heavy (non-hydrogen) atoms. The third kappa shape index (κ3) is 3.76. The molecular weight excluding hydrogens is 296 g/mol. The molecule has 7 heteroatoms. The normalized spacial score (nSPS) is 13.6. The van der Waals surface area contributed by atoms with Crippen molar-refractivity contribution in [3.8, 4) is 0 Å². The summed E-state index contributed by atoms with van der Waals surface area (Å²) in [4.78, 5) is 28.9. The van der Waals surface area contributed by atoms with Crippen LogP contribution >= 0.6 is 0 Å². The van der Waals surface area contributed by atoms with Gasteiger partial charge in [-0.05, 0) is 35.9 Å². The highest BCUT2D eigenvalue weighted by atomic mass is 16.6. The molecular formula is C16H16N4O3. The summed E-state index contributed by atoms with van der Waals surface area (Å²) in [7, 11) is 0.